The minimum atomic E-state index is -3.57. The van der Waals surface area contributed by atoms with Gasteiger partial charge < -0.3 is 5.32 Å². The lowest BCUT2D eigenvalue weighted by Crippen LogP contribution is -2.41. The first-order valence-corrected chi connectivity index (χ1v) is 12.6. The van der Waals surface area contributed by atoms with Gasteiger partial charge in [0.2, 0.25) is 5.91 Å². The molecule has 1 aromatic carbocycles. The van der Waals surface area contributed by atoms with Crippen LogP contribution in [0.2, 0.25) is 4.34 Å². The number of sulfonamides is 1. The van der Waals surface area contributed by atoms with Gasteiger partial charge in [0, 0.05) is 25.1 Å². The van der Waals surface area contributed by atoms with E-state index in [0.29, 0.717) is 42.6 Å². The van der Waals surface area contributed by atoms with Crippen molar-refractivity contribution < 1.29 is 13.2 Å². The van der Waals surface area contributed by atoms with E-state index in [4.69, 9.17) is 11.6 Å². The summed E-state index contributed by atoms with van der Waals surface area (Å²) in [5.74, 6) is 0.291. The predicted octanol–water partition coefficient (Wildman–Crippen LogP) is 3.99. The number of carbonyl (C=O) groups excluding carboxylic acids is 1. The summed E-state index contributed by atoms with van der Waals surface area (Å²) < 4.78 is 29.4. The van der Waals surface area contributed by atoms with Gasteiger partial charge in [-0.2, -0.15) is 9.40 Å². The highest BCUT2D eigenvalue weighted by Gasteiger charge is 2.33. The van der Waals surface area contributed by atoms with Gasteiger partial charge in [-0.15, -0.1) is 11.3 Å². The Kier molecular flexibility index (Phi) is 6.47. The summed E-state index contributed by atoms with van der Waals surface area (Å²) >= 11 is 6.94. The summed E-state index contributed by atoms with van der Waals surface area (Å²) in [6, 6.07) is 14.9. The Hall–Kier alpha value is -2.20. The van der Waals surface area contributed by atoms with Gasteiger partial charge in [0.05, 0.1) is 16.6 Å². The van der Waals surface area contributed by atoms with Crippen LogP contribution in [-0.4, -0.2) is 41.5 Å². The van der Waals surface area contributed by atoms with Crippen molar-refractivity contribution in [3.63, 3.8) is 0 Å². The molecule has 1 amide bonds. The number of anilines is 1. The number of aryl methyl sites for hydroxylation is 1. The molecule has 0 radical (unpaired) electrons. The smallest absolute Gasteiger partial charge is 0.252 e. The number of nitrogens with one attached hydrogen (secondary N) is 1. The molecule has 3 heterocycles. The Morgan fingerprint density at radius 1 is 1.19 bits per heavy atom. The van der Waals surface area contributed by atoms with E-state index in [-0.39, 0.29) is 16.0 Å². The number of nitrogens with zero attached hydrogens (tertiary/aromatic N) is 3. The zero-order chi connectivity index (χ0) is 22.0. The van der Waals surface area contributed by atoms with Gasteiger partial charge in [-0.1, -0.05) is 41.9 Å². The lowest BCUT2D eigenvalue weighted by Gasteiger charge is -2.30. The van der Waals surface area contributed by atoms with E-state index in [2.05, 4.69) is 10.4 Å². The number of amides is 1. The first-order chi connectivity index (χ1) is 14.8. The van der Waals surface area contributed by atoms with Crippen molar-refractivity contribution in [2.45, 2.75) is 30.5 Å². The summed E-state index contributed by atoms with van der Waals surface area (Å²) in [6.45, 7) is 3.05. The zero-order valence-electron chi connectivity index (χ0n) is 17.0. The fraction of sp³-hybridized carbons (Fsp3) is 0.333. The van der Waals surface area contributed by atoms with E-state index in [1.807, 2.05) is 43.3 Å². The van der Waals surface area contributed by atoms with Crippen molar-refractivity contribution >= 4 is 44.7 Å². The molecule has 31 heavy (non-hydrogen) atoms. The van der Waals surface area contributed by atoms with Crippen molar-refractivity contribution in [3.8, 4) is 0 Å². The van der Waals surface area contributed by atoms with E-state index in [9.17, 15) is 13.2 Å². The summed E-state index contributed by atoms with van der Waals surface area (Å²) in [5, 5.41) is 7.48. The third-order valence-electron chi connectivity index (χ3n) is 5.30. The highest BCUT2D eigenvalue weighted by Crippen LogP contribution is 2.31. The lowest BCUT2D eigenvalue weighted by molar-refractivity contribution is -0.121. The maximum absolute atomic E-state index is 12.9. The Morgan fingerprint density at radius 2 is 1.90 bits per heavy atom. The van der Waals surface area contributed by atoms with Gasteiger partial charge in [0.1, 0.15) is 10.0 Å². The van der Waals surface area contributed by atoms with Gasteiger partial charge in [-0.25, -0.2) is 13.1 Å². The third-order valence-corrected chi connectivity index (χ3v) is 8.89. The monoisotopic (exact) mass is 478 g/mol. The number of piperidine rings is 1. The van der Waals surface area contributed by atoms with Gasteiger partial charge in [0.15, 0.2) is 0 Å². The van der Waals surface area contributed by atoms with Crippen molar-refractivity contribution in [2.24, 2.45) is 5.92 Å². The average Bonchev–Trinajstić information content (AvgIpc) is 3.34. The quantitative estimate of drug-likeness (QED) is 0.580. The van der Waals surface area contributed by atoms with Gasteiger partial charge in [-0.05, 0) is 37.5 Å². The molecule has 3 aromatic rings. The molecular formula is C21H23ClN4O3S2. The topological polar surface area (TPSA) is 84.3 Å². The number of hydrogen-bond donors (Lipinski definition) is 1. The van der Waals surface area contributed by atoms with Crippen molar-refractivity contribution in [1.29, 1.82) is 0 Å². The van der Waals surface area contributed by atoms with Crippen LogP contribution in [0.4, 0.5) is 5.82 Å². The largest absolute Gasteiger partial charge is 0.311 e. The number of thiophene rings is 1. The van der Waals surface area contributed by atoms with Crippen LogP contribution in [0.3, 0.4) is 0 Å². The SMILES string of the molecule is Cc1cc(NC(=O)C2CCN(S(=O)(=O)c3ccc(Cl)s3)CC2)n(Cc2ccccc2)n1. The minimum absolute atomic E-state index is 0.106. The molecule has 1 aliphatic heterocycles. The maximum atomic E-state index is 12.9. The number of hydrogen-bond acceptors (Lipinski definition) is 5. The van der Waals surface area contributed by atoms with Gasteiger partial charge in [-0.3, -0.25) is 4.79 Å². The molecule has 0 unspecified atom stereocenters. The molecule has 0 spiro atoms. The molecule has 164 valence electrons. The lowest BCUT2D eigenvalue weighted by atomic mass is 9.97. The van der Waals surface area contributed by atoms with E-state index in [0.717, 1.165) is 22.6 Å². The molecule has 1 N–H and O–H groups in total. The number of rotatable bonds is 6. The molecular weight excluding hydrogens is 456 g/mol. The Labute approximate surface area is 190 Å². The van der Waals surface area contributed by atoms with E-state index in [1.54, 1.807) is 10.7 Å². The molecule has 0 saturated carbocycles. The first kappa shape index (κ1) is 22.0. The van der Waals surface area contributed by atoms with Crippen molar-refractivity contribution in [2.75, 3.05) is 18.4 Å². The summed E-state index contributed by atoms with van der Waals surface area (Å²) in [4.78, 5) is 12.9. The molecule has 7 nitrogen and oxygen atoms in total. The fourth-order valence-electron chi connectivity index (χ4n) is 3.67. The first-order valence-electron chi connectivity index (χ1n) is 9.97. The van der Waals surface area contributed by atoms with Crippen LogP contribution in [0.5, 0.6) is 0 Å². The number of benzene rings is 1. The number of carbonyl (C=O) groups is 1. The Morgan fingerprint density at radius 3 is 2.55 bits per heavy atom. The zero-order valence-corrected chi connectivity index (χ0v) is 19.4. The van der Waals surface area contributed by atoms with Gasteiger partial charge >= 0.3 is 0 Å². The summed E-state index contributed by atoms with van der Waals surface area (Å²) in [7, 11) is -3.57. The summed E-state index contributed by atoms with van der Waals surface area (Å²) in [5.41, 5.74) is 1.91. The maximum Gasteiger partial charge on any atom is 0.252 e. The molecule has 1 aliphatic rings. The van der Waals surface area contributed by atoms with Crippen molar-refractivity contribution in [3.05, 3.63) is 64.1 Å². The third kappa shape index (κ3) is 5.01. The van der Waals surface area contributed by atoms with Gasteiger partial charge in [0.25, 0.3) is 10.0 Å². The number of aromatic nitrogens is 2. The molecule has 10 heteroatoms. The highest BCUT2D eigenvalue weighted by atomic mass is 35.5. The van der Waals surface area contributed by atoms with Crippen LogP contribution in [0.25, 0.3) is 0 Å². The summed E-state index contributed by atoms with van der Waals surface area (Å²) in [6.07, 6.45) is 0.936. The standard InChI is InChI=1S/C21H23ClN4O3S2/c1-15-13-19(26(24-15)14-16-5-3-2-4-6-16)23-21(27)17-9-11-25(12-10-17)31(28,29)20-8-7-18(22)30-20/h2-8,13,17H,9-12,14H2,1H3,(H,23,27). The predicted molar refractivity (Wildman–Crippen MR) is 122 cm³/mol. The number of halogens is 1. The van der Waals surface area contributed by atoms with Crippen LogP contribution < -0.4 is 5.32 Å². The van der Waals surface area contributed by atoms with E-state index >= 15 is 0 Å². The molecule has 1 fully saturated rings. The van der Waals surface area contributed by atoms with Crippen LogP contribution in [0, 0.1) is 12.8 Å². The normalized spacial score (nSPS) is 15.8. The van der Waals surface area contributed by atoms with E-state index < -0.39 is 10.0 Å². The molecule has 0 aliphatic carbocycles. The molecule has 0 bridgehead atoms. The molecule has 0 atom stereocenters. The van der Waals surface area contributed by atoms with Crippen LogP contribution >= 0.6 is 22.9 Å². The highest BCUT2D eigenvalue weighted by molar-refractivity contribution is 7.91. The molecule has 1 saturated heterocycles. The van der Waals surface area contributed by atoms with Crippen LogP contribution in [-0.2, 0) is 21.4 Å². The Bertz CT molecular complexity index is 1170. The van der Waals surface area contributed by atoms with Crippen LogP contribution in [0.1, 0.15) is 24.1 Å². The van der Waals surface area contributed by atoms with E-state index in [1.165, 1.54) is 10.4 Å². The fourth-order valence-corrected chi connectivity index (χ4v) is 6.78. The minimum Gasteiger partial charge on any atom is -0.311 e. The van der Waals surface area contributed by atoms with Crippen LogP contribution in [0.15, 0.2) is 52.7 Å². The second-order valence-corrected chi connectivity index (χ2v) is 11.4. The molecule has 2 aromatic heterocycles. The Balaban J connectivity index is 1.39. The average molecular weight is 479 g/mol. The molecule has 4 rings (SSSR count). The van der Waals surface area contributed by atoms with Crippen molar-refractivity contribution in [1.82, 2.24) is 14.1 Å². The second-order valence-electron chi connectivity index (χ2n) is 7.54. The second kappa shape index (κ2) is 9.12.